The van der Waals surface area contributed by atoms with E-state index in [4.69, 9.17) is 0 Å². The highest BCUT2D eigenvalue weighted by molar-refractivity contribution is 14.0. The molecule has 0 atom stereocenters. The molecule has 0 saturated heterocycles. The third-order valence-corrected chi connectivity index (χ3v) is 3.14. The Labute approximate surface area is 137 Å². The minimum atomic E-state index is -0.174. The zero-order valence-corrected chi connectivity index (χ0v) is 14.2. The van der Waals surface area contributed by atoms with E-state index < -0.39 is 0 Å². The van der Waals surface area contributed by atoms with E-state index in [1.54, 1.807) is 12.1 Å². The number of hydrogen-bond acceptors (Lipinski definition) is 1. The van der Waals surface area contributed by atoms with Crippen LogP contribution in [0.1, 0.15) is 25.3 Å². The lowest BCUT2D eigenvalue weighted by molar-refractivity contribution is 0.625. The van der Waals surface area contributed by atoms with E-state index in [1.807, 2.05) is 6.07 Å². The van der Waals surface area contributed by atoms with Crippen molar-refractivity contribution in [2.24, 2.45) is 10.9 Å². The van der Waals surface area contributed by atoms with Gasteiger partial charge >= 0.3 is 0 Å². The van der Waals surface area contributed by atoms with Crippen molar-refractivity contribution in [1.82, 2.24) is 10.6 Å². The molecule has 0 unspecified atom stereocenters. The molecule has 1 aliphatic rings. The summed E-state index contributed by atoms with van der Waals surface area (Å²) in [5.74, 6) is 1.48. The van der Waals surface area contributed by atoms with Crippen molar-refractivity contribution in [2.45, 2.75) is 26.2 Å². The predicted molar refractivity (Wildman–Crippen MR) is 92.2 cm³/mol. The molecule has 112 valence electrons. The molecule has 0 aliphatic heterocycles. The fraction of sp³-hybridized carbons (Fsp3) is 0.533. The molecule has 0 amide bonds. The SMILES string of the molecule is CCNC(=NCC1CC1)NCCc1cccc(F)c1.I. The molecular formula is C15H23FIN3. The lowest BCUT2D eigenvalue weighted by atomic mass is 10.1. The summed E-state index contributed by atoms with van der Waals surface area (Å²) in [4.78, 5) is 4.54. The summed E-state index contributed by atoms with van der Waals surface area (Å²) in [5.41, 5.74) is 1.01. The van der Waals surface area contributed by atoms with Crippen molar-refractivity contribution in [3.05, 3.63) is 35.6 Å². The first-order valence-corrected chi connectivity index (χ1v) is 7.04. The summed E-state index contributed by atoms with van der Waals surface area (Å²) >= 11 is 0. The Bertz CT molecular complexity index is 433. The van der Waals surface area contributed by atoms with Gasteiger partial charge in [-0.1, -0.05) is 12.1 Å². The Balaban J connectivity index is 0.00000200. The van der Waals surface area contributed by atoms with Gasteiger partial charge in [0.05, 0.1) is 0 Å². The van der Waals surface area contributed by atoms with Crippen LogP contribution in [0.25, 0.3) is 0 Å². The number of guanidine groups is 1. The molecule has 1 saturated carbocycles. The summed E-state index contributed by atoms with van der Waals surface area (Å²) in [6.07, 6.45) is 3.42. The van der Waals surface area contributed by atoms with E-state index in [2.05, 4.69) is 22.5 Å². The third kappa shape index (κ3) is 6.54. The lowest BCUT2D eigenvalue weighted by Gasteiger charge is -2.11. The van der Waals surface area contributed by atoms with Crippen molar-refractivity contribution in [3.8, 4) is 0 Å². The summed E-state index contributed by atoms with van der Waals surface area (Å²) in [6.45, 7) is 4.59. The van der Waals surface area contributed by atoms with Gasteiger partial charge in [-0.25, -0.2) is 4.39 Å². The normalized spacial score (nSPS) is 14.6. The van der Waals surface area contributed by atoms with Gasteiger partial charge in [0.15, 0.2) is 5.96 Å². The molecule has 2 rings (SSSR count). The summed E-state index contributed by atoms with van der Waals surface area (Å²) in [7, 11) is 0. The Morgan fingerprint density at radius 3 is 2.80 bits per heavy atom. The smallest absolute Gasteiger partial charge is 0.191 e. The number of nitrogens with zero attached hydrogens (tertiary/aromatic N) is 1. The summed E-state index contributed by atoms with van der Waals surface area (Å²) in [5, 5.41) is 6.52. The molecule has 1 aliphatic carbocycles. The molecule has 1 aromatic carbocycles. The molecule has 1 fully saturated rings. The van der Waals surface area contributed by atoms with Crippen molar-refractivity contribution in [1.29, 1.82) is 0 Å². The Morgan fingerprint density at radius 2 is 2.15 bits per heavy atom. The van der Waals surface area contributed by atoms with Crippen molar-refractivity contribution in [3.63, 3.8) is 0 Å². The first kappa shape index (κ1) is 17.2. The molecule has 5 heteroatoms. The summed E-state index contributed by atoms with van der Waals surface area (Å²) < 4.78 is 13.0. The molecule has 0 heterocycles. The van der Waals surface area contributed by atoms with Gasteiger partial charge in [-0.05, 0) is 49.8 Å². The van der Waals surface area contributed by atoms with Gasteiger partial charge in [0.25, 0.3) is 0 Å². The number of benzene rings is 1. The average molecular weight is 391 g/mol. The standard InChI is InChI=1S/C15H22FN3.HI/c1-2-17-15(19-11-13-6-7-13)18-9-8-12-4-3-5-14(16)10-12;/h3-5,10,13H,2,6-9,11H2,1H3,(H2,17,18,19);1H. The minimum absolute atomic E-state index is 0. The second-order valence-corrected chi connectivity index (χ2v) is 4.97. The maximum Gasteiger partial charge on any atom is 0.191 e. The fourth-order valence-corrected chi connectivity index (χ4v) is 1.88. The average Bonchev–Trinajstić information content (AvgIpc) is 3.20. The summed E-state index contributed by atoms with van der Waals surface area (Å²) in [6, 6.07) is 6.74. The minimum Gasteiger partial charge on any atom is -0.357 e. The Morgan fingerprint density at radius 1 is 1.35 bits per heavy atom. The quantitative estimate of drug-likeness (QED) is 0.445. The lowest BCUT2D eigenvalue weighted by Crippen LogP contribution is -2.38. The van der Waals surface area contributed by atoms with E-state index in [-0.39, 0.29) is 29.8 Å². The topological polar surface area (TPSA) is 36.4 Å². The molecule has 1 aromatic rings. The van der Waals surface area contributed by atoms with Gasteiger partial charge in [-0.3, -0.25) is 4.99 Å². The molecule has 0 bridgehead atoms. The maximum absolute atomic E-state index is 13.0. The van der Waals surface area contributed by atoms with Gasteiger partial charge in [-0.15, -0.1) is 24.0 Å². The Hall–Kier alpha value is -0.850. The second-order valence-electron chi connectivity index (χ2n) is 4.97. The van der Waals surface area contributed by atoms with Crippen molar-refractivity contribution in [2.75, 3.05) is 19.6 Å². The molecule has 0 radical (unpaired) electrons. The number of rotatable bonds is 6. The zero-order chi connectivity index (χ0) is 13.5. The maximum atomic E-state index is 13.0. The highest BCUT2D eigenvalue weighted by Crippen LogP contribution is 2.28. The van der Waals surface area contributed by atoms with Crippen LogP contribution >= 0.6 is 24.0 Å². The van der Waals surface area contributed by atoms with Crippen molar-refractivity contribution >= 4 is 29.9 Å². The van der Waals surface area contributed by atoms with Gasteiger partial charge < -0.3 is 10.6 Å². The largest absolute Gasteiger partial charge is 0.357 e. The molecule has 3 nitrogen and oxygen atoms in total. The fourth-order valence-electron chi connectivity index (χ4n) is 1.88. The zero-order valence-electron chi connectivity index (χ0n) is 11.9. The Kier molecular flexibility index (Phi) is 7.87. The predicted octanol–water partition coefficient (Wildman–Crippen LogP) is 2.95. The highest BCUT2D eigenvalue weighted by atomic mass is 127. The van der Waals surface area contributed by atoms with E-state index in [0.29, 0.717) is 0 Å². The van der Waals surface area contributed by atoms with Crippen LogP contribution in [0, 0.1) is 11.7 Å². The van der Waals surface area contributed by atoms with Gasteiger partial charge in [-0.2, -0.15) is 0 Å². The second kappa shape index (κ2) is 9.15. The number of nitrogens with one attached hydrogen (secondary N) is 2. The molecule has 0 spiro atoms. The van der Waals surface area contributed by atoms with E-state index in [0.717, 1.165) is 43.5 Å². The van der Waals surface area contributed by atoms with Gasteiger partial charge in [0, 0.05) is 19.6 Å². The van der Waals surface area contributed by atoms with E-state index >= 15 is 0 Å². The molecule has 2 N–H and O–H groups in total. The van der Waals surface area contributed by atoms with Crippen molar-refractivity contribution < 1.29 is 4.39 Å². The van der Waals surface area contributed by atoms with Crippen LogP contribution in [0.15, 0.2) is 29.3 Å². The van der Waals surface area contributed by atoms with Crippen LogP contribution in [0.2, 0.25) is 0 Å². The number of hydrogen-bond donors (Lipinski definition) is 2. The third-order valence-electron chi connectivity index (χ3n) is 3.14. The number of aliphatic imine (C=N–C) groups is 1. The monoisotopic (exact) mass is 391 g/mol. The molecule has 20 heavy (non-hydrogen) atoms. The van der Waals surface area contributed by atoms with Crippen LogP contribution in [0.4, 0.5) is 4.39 Å². The van der Waals surface area contributed by atoms with Crippen LogP contribution < -0.4 is 10.6 Å². The van der Waals surface area contributed by atoms with Crippen LogP contribution in [0.5, 0.6) is 0 Å². The molecule has 0 aromatic heterocycles. The first-order chi connectivity index (χ1) is 9.28. The molecular weight excluding hydrogens is 368 g/mol. The van der Waals surface area contributed by atoms with Crippen LogP contribution in [-0.4, -0.2) is 25.6 Å². The number of halogens is 2. The highest BCUT2D eigenvalue weighted by Gasteiger charge is 2.20. The van der Waals surface area contributed by atoms with E-state index in [9.17, 15) is 4.39 Å². The van der Waals surface area contributed by atoms with E-state index in [1.165, 1.54) is 18.9 Å². The van der Waals surface area contributed by atoms with Crippen LogP contribution in [0.3, 0.4) is 0 Å². The van der Waals surface area contributed by atoms with Crippen LogP contribution in [-0.2, 0) is 6.42 Å². The van der Waals surface area contributed by atoms with Gasteiger partial charge in [0.1, 0.15) is 5.82 Å². The van der Waals surface area contributed by atoms with Gasteiger partial charge in [0.2, 0.25) is 0 Å². The first-order valence-electron chi connectivity index (χ1n) is 7.04.